The molecule has 2 rings (SSSR count). The summed E-state index contributed by atoms with van der Waals surface area (Å²) in [6, 6.07) is 12.3. The number of rotatable bonds is 8. The maximum Gasteiger partial charge on any atom is 0.255 e. The van der Waals surface area contributed by atoms with Crippen LogP contribution in [0.15, 0.2) is 53.4 Å². The summed E-state index contributed by atoms with van der Waals surface area (Å²) in [4.78, 5) is 12.5. The normalized spacial score (nSPS) is 12.1. The SMILES string of the molecule is CCN(CC)S(=O)(=O)c1ccc(NC(=O)c2ccc(CS(C)(=O)=O)cc2)cc1. The zero-order chi connectivity index (χ0) is 20.9. The van der Waals surface area contributed by atoms with E-state index in [9.17, 15) is 21.6 Å². The van der Waals surface area contributed by atoms with Crippen molar-refractivity contribution in [3.05, 3.63) is 59.7 Å². The highest BCUT2D eigenvalue weighted by molar-refractivity contribution is 7.90. The van der Waals surface area contributed by atoms with Gasteiger partial charge in [0, 0.05) is 30.6 Å². The van der Waals surface area contributed by atoms with Crippen molar-refractivity contribution in [2.45, 2.75) is 24.5 Å². The number of benzene rings is 2. The molecule has 152 valence electrons. The van der Waals surface area contributed by atoms with Crippen molar-refractivity contribution < 1.29 is 21.6 Å². The van der Waals surface area contributed by atoms with Crippen molar-refractivity contribution in [3.8, 4) is 0 Å². The zero-order valence-corrected chi connectivity index (χ0v) is 17.7. The summed E-state index contributed by atoms with van der Waals surface area (Å²) in [7, 11) is -6.69. The van der Waals surface area contributed by atoms with Gasteiger partial charge in [-0.1, -0.05) is 26.0 Å². The minimum Gasteiger partial charge on any atom is -0.322 e. The van der Waals surface area contributed by atoms with Gasteiger partial charge in [-0.25, -0.2) is 16.8 Å². The Balaban J connectivity index is 2.11. The van der Waals surface area contributed by atoms with Crippen molar-refractivity contribution in [2.24, 2.45) is 0 Å². The van der Waals surface area contributed by atoms with Crippen molar-refractivity contribution in [2.75, 3.05) is 24.7 Å². The quantitative estimate of drug-likeness (QED) is 0.702. The lowest BCUT2D eigenvalue weighted by atomic mass is 10.1. The first-order chi connectivity index (χ1) is 13.1. The number of nitrogens with one attached hydrogen (secondary N) is 1. The topological polar surface area (TPSA) is 101 Å². The lowest BCUT2D eigenvalue weighted by Gasteiger charge is -2.18. The minimum absolute atomic E-state index is 0.0859. The van der Waals surface area contributed by atoms with Crippen LogP contribution < -0.4 is 5.32 Å². The molecule has 7 nitrogen and oxygen atoms in total. The van der Waals surface area contributed by atoms with Gasteiger partial charge < -0.3 is 5.32 Å². The summed E-state index contributed by atoms with van der Waals surface area (Å²) < 4.78 is 48.9. The van der Waals surface area contributed by atoms with Crippen molar-refractivity contribution in [3.63, 3.8) is 0 Å². The summed E-state index contributed by atoms with van der Waals surface area (Å²) in [5, 5.41) is 2.70. The Morgan fingerprint density at radius 3 is 1.89 bits per heavy atom. The third-order valence-electron chi connectivity index (χ3n) is 4.10. The van der Waals surface area contributed by atoms with Crippen LogP contribution in [0.2, 0.25) is 0 Å². The molecule has 1 N–H and O–H groups in total. The van der Waals surface area contributed by atoms with E-state index in [4.69, 9.17) is 0 Å². The van der Waals surface area contributed by atoms with E-state index < -0.39 is 19.9 Å². The van der Waals surface area contributed by atoms with Crippen LogP contribution in [0.25, 0.3) is 0 Å². The van der Waals surface area contributed by atoms with Crippen molar-refractivity contribution in [1.29, 1.82) is 0 Å². The van der Waals surface area contributed by atoms with Gasteiger partial charge in [0.25, 0.3) is 5.91 Å². The van der Waals surface area contributed by atoms with E-state index in [0.717, 1.165) is 6.26 Å². The van der Waals surface area contributed by atoms with Gasteiger partial charge in [-0.3, -0.25) is 4.79 Å². The second kappa shape index (κ2) is 8.85. The number of nitrogens with zero attached hydrogens (tertiary/aromatic N) is 1. The van der Waals surface area contributed by atoms with E-state index in [2.05, 4.69) is 5.32 Å². The average molecular weight is 425 g/mol. The Kier molecular flexibility index (Phi) is 6.97. The zero-order valence-electron chi connectivity index (χ0n) is 16.0. The van der Waals surface area contributed by atoms with Gasteiger partial charge in [-0.05, 0) is 42.0 Å². The third kappa shape index (κ3) is 5.63. The molecular weight excluding hydrogens is 400 g/mol. The monoisotopic (exact) mass is 424 g/mol. The van der Waals surface area contributed by atoms with Crippen LogP contribution in [0.4, 0.5) is 5.69 Å². The minimum atomic E-state index is -3.55. The van der Waals surface area contributed by atoms with E-state index in [0.29, 0.717) is 29.9 Å². The van der Waals surface area contributed by atoms with Gasteiger partial charge in [0.1, 0.15) is 0 Å². The van der Waals surface area contributed by atoms with E-state index in [1.165, 1.54) is 28.6 Å². The van der Waals surface area contributed by atoms with Gasteiger partial charge in [0.2, 0.25) is 10.0 Å². The van der Waals surface area contributed by atoms with Gasteiger partial charge in [0.15, 0.2) is 9.84 Å². The molecule has 0 aliphatic rings. The smallest absolute Gasteiger partial charge is 0.255 e. The fourth-order valence-corrected chi connectivity index (χ4v) is 4.94. The maximum atomic E-state index is 12.5. The van der Waals surface area contributed by atoms with Crippen LogP contribution in [0.5, 0.6) is 0 Å². The summed E-state index contributed by atoms with van der Waals surface area (Å²) in [6.45, 7) is 4.31. The van der Waals surface area contributed by atoms with Crippen LogP contribution in [0.1, 0.15) is 29.8 Å². The largest absolute Gasteiger partial charge is 0.322 e. The van der Waals surface area contributed by atoms with E-state index in [1.807, 2.05) is 0 Å². The number of anilines is 1. The molecule has 0 saturated heterocycles. The molecule has 0 heterocycles. The Morgan fingerprint density at radius 1 is 0.893 bits per heavy atom. The number of amides is 1. The number of carbonyl (C=O) groups is 1. The Labute approximate surface area is 166 Å². The first-order valence-electron chi connectivity index (χ1n) is 8.75. The first kappa shape index (κ1) is 22.1. The van der Waals surface area contributed by atoms with Crippen LogP contribution in [0, 0.1) is 0 Å². The molecule has 0 aliphatic heterocycles. The van der Waals surface area contributed by atoms with Crippen LogP contribution >= 0.6 is 0 Å². The number of hydrogen-bond donors (Lipinski definition) is 1. The molecule has 9 heteroatoms. The number of hydrogen-bond acceptors (Lipinski definition) is 5. The summed E-state index contributed by atoms with van der Waals surface area (Å²) >= 11 is 0. The van der Waals surface area contributed by atoms with Crippen molar-refractivity contribution >= 4 is 31.5 Å². The lowest BCUT2D eigenvalue weighted by molar-refractivity contribution is 0.102. The van der Waals surface area contributed by atoms with Crippen LogP contribution in [0.3, 0.4) is 0 Å². The predicted molar refractivity (Wildman–Crippen MR) is 109 cm³/mol. The molecule has 0 bridgehead atoms. The number of sulfone groups is 1. The summed E-state index contributed by atoms with van der Waals surface area (Å²) in [6.07, 6.45) is 1.15. The molecule has 0 atom stereocenters. The molecule has 0 fully saturated rings. The van der Waals surface area contributed by atoms with Gasteiger partial charge in [-0.2, -0.15) is 4.31 Å². The van der Waals surface area contributed by atoms with Gasteiger partial charge >= 0.3 is 0 Å². The van der Waals surface area contributed by atoms with Crippen LogP contribution in [-0.2, 0) is 25.6 Å². The molecule has 2 aromatic rings. The van der Waals surface area contributed by atoms with E-state index in [1.54, 1.807) is 38.1 Å². The molecule has 0 unspecified atom stereocenters. The molecule has 0 spiro atoms. The summed E-state index contributed by atoms with van der Waals surface area (Å²) in [5.41, 5.74) is 1.44. The molecule has 0 aliphatic carbocycles. The lowest BCUT2D eigenvalue weighted by Crippen LogP contribution is -2.30. The third-order valence-corrected chi connectivity index (χ3v) is 7.02. The molecule has 0 aromatic heterocycles. The number of sulfonamides is 1. The molecule has 28 heavy (non-hydrogen) atoms. The second-order valence-electron chi connectivity index (χ2n) is 6.33. The number of carbonyl (C=O) groups excluding carboxylic acids is 1. The van der Waals surface area contributed by atoms with Crippen molar-refractivity contribution in [1.82, 2.24) is 4.31 Å². The molecule has 1 amide bonds. The Bertz CT molecular complexity index is 1020. The maximum absolute atomic E-state index is 12.5. The average Bonchev–Trinajstić information content (AvgIpc) is 2.62. The highest BCUT2D eigenvalue weighted by Gasteiger charge is 2.21. The molecule has 0 radical (unpaired) electrons. The Hall–Kier alpha value is -2.23. The van der Waals surface area contributed by atoms with E-state index in [-0.39, 0.29) is 16.6 Å². The standard InChI is InChI=1S/C19H24N2O5S2/c1-4-21(5-2)28(25,26)18-12-10-17(11-13-18)20-19(22)16-8-6-15(7-9-16)14-27(3,23)24/h6-13H,4-5,14H2,1-3H3,(H,20,22). The highest BCUT2D eigenvalue weighted by Crippen LogP contribution is 2.19. The molecular formula is C19H24N2O5S2. The van der Waals surface area contributed by atoms with Gasteiger partial charge in [0.05, 0.1) is 10.6 Å². The predicted octanol–water partition coefficient (Wildman–Crippen LogP) is 2.51. The summed E-state index contributed by atoms with van der Waals surface area (Å²) in [5.74, 6) is -0.456. The molecule has 2 aromatic carbocycles. The fraction of sp³-hybridized carbons (Fsp3) is 0.316. The highest BCUT2D eigenvalue weighted by atomic mass is 32.2. The first-order valence-corrected chi connectivity index (χ1v) is 12.2. The molecule has 0 saturated carbocycles. The van der Waals surface area contributed by atoms with Crippen LogP contribution in [-0.4, -0.2) is 46.4 Å². The Morgan fingerprint density at radius 2 is 1.43 bits per heavy atom. The second-order valence-corrected chi connectivity index (χ2v) is 10.4. The fourth-order valence-electron chi connectivity index (χ4n) is 2.68. The van der Waals surface area contributed by atoms with Gasteiger partial charge in [-0.15, -0.1) is 0 Å². The van der Waals surface area contributed by atoms with E-state index >= 15 is 0 Å².